The quantitative estimate of drug-likeness (QED) is 0.653. The van der Waals surface area contributed by atoms with Crippen LogP contribution in [0.3, 0.4) is 0 Å². The molecule has 1 aromatic rings. The van der Waals surface area contributed by atoms with Crippen molar-refractivity contribution in [3.8, 4) is 0 Å². The third kappa shape index (κ3) is 2.31. The van der Waals surface area contributed by atoms with Crippen molar-refractivity contribution in [3.05, 3.63) is 18.0 Å². The minimum absolute atomic E-state index is 0.0952. The summed E-state index contributed by atoms with van der Waals surface area (Å²) in [5.74, 6) is 0.278. The van der Waals surface area contributed by atoms with Crippen LogP contribution in [0.5, 0.6) is 0 Å². The second-order valence-corrected chi connectivity index (χ2v) is 2.92. The fourth-order valence-electron chi connectivity index (χ4n) is 1.10. The molecule has 0 saturated heterocycles. The molecule has 0 saturated carbocycles. The number of aromatic nitrogens is 2. The number of aliphatic carboxylic acids is 1. The lowest BCUT2D eigenvalue weighted by atomic mass is 10.0. The molecule has 1 aromatic heterocycles. The first kappa shape index (κ1) is 11.2. The molecule has 0 aromatic carbocycles. The zero-order valence-electron chi connectivity index (χ0n) is 8.17. The van der Waals surface area contributed by atoms with Crippen LogP contribution in [-0.4, -0.2) is 32.8 Å². The van der Waals surface area contributed by atoms with Crippen LogP contribution >= 0.6 is 0 Å². The van der Waals surface area contributed by atoms with Crippen LogP contribution in [0.15, 0.2) is 12.4 Å². The predicted octanol–water partition coefficient (Wildman–Crippen LogP) is -0.470. The average Bonchev–Trinajstić information content (AvgIpc) is 2.67. The van der Waals surface area contributed by atoms with E-state index in [1.54, 1.807) is 16.8 Å². The van der Waals surface area contributed by atoms with Crippen molar-refractivity contribution in [1.29, 1.82) is 0 Å². The second kappa shape index (κ2) is 4.54. The molecule has 0 aliphatic rings. The van der Waals surface area contributed by atoms with Crippen molar-refractivity contribution in [1.82, 2.24) is 9.78 Å². The normalized spacial score (nSPS) is 11.9. The molecule has 15 heavy (non-hydrogen) atoms. The summed E-state index contributed by atoms with van der Waals surface area (Å²) in [4.78, 5) is 21.2. The maximum atomic E-state index is 10.6. The molecule has 1 unspecified atom stereocenters. The molecule has 6 nitrogen and oxygen atoms in total. The third-order valence-electron chi connectivity index (χ3n) is 1.96. The van der Waals surface area contributed by atoms with Gasteiger partial charge in [0.15, 0.2) is 0 Å². The van der Waals surface area contributed by atoms with Crippen LogP contribution in [0.2, 0.25) is 0 Å². The fourth-order valence-corrected chi connectivity index (χ4v) is 1.10. The predicted molar refractivity (Wildman–Crippen MR) is 52.6 cm³/mol. The molecule has 0 spiro atoms. The van der Waals surface area contributed by atoms with Gasteiger partial charge < -0.3 is 10.8 Å². The van der Waals surface area contributed by atoms with E-state index in [-0.39, 0.29) is 5.57 Å². The van der Waals surface area contributed by atoms with E-state index in [4.69, 9.17) is 10.8 Å². The van der Waals surface area contributed by atoms with Gasteiger partial charge in [-0.3, -0.25) is 9.48 Å². The number of rotatable bonds is 4. The zero-order valence-corrected chi connectivity index (χ0v) is 8.17. The number of carbonyl (C=O) groups is 1. The number of aryl methyl sites for hydroxylation is 1. The van der Waals surface area contributed by atoms with Gasteiger partial charge in [-0.15, -0.1) is 0 Å². The molecule has 0 aliphatic carbocycles. The average molecular weight is 209 g/mol. The highest BCUT2D eigenvalue weighted by molar-refractivity contribution is 6.00. The van der Waals surface area contributed by atoms with Crippen molar-refractivity contribution in [3.63, 3.8) is 0 Å². The molecule has 6 heteroatoms. The Morgan fingerprint density at radius 1 is 1.80 bits per heavy atom. The monoisotopic (exact) mass is 209 g/mol. The molecule has 1 atom stereocenters. The molecular formula is C9H11N3O3. The van der Waals surface area contributed by atoms with Crippen molar-refractivity contribution in [2.45, 2.75) is 19.5 Å². The van der Waals surface area contributed by atoms with Gasteiger partial charge in [0.2, 0.25) is 0 Å². The van der Waals surface area contributed by atoms with E-state index in [0.29, 0.717) is 12.1 Å². The number of carbonyl (C=O) groups excluding carboxylic acids is 1. The van der Waals surface area contributed by atoms with Crippen LogP contribution in [0.4, 0.5) is 0 Å². The molecule has 0 bridgehead atoms. The van der Waals surface area contributed by atoms with Crippen LogP contribution in [0, 0.1) is 0 Å². The van der Waals surface area contributed by atoms with Gasteiger partial charge in [0.1, 0.15) is 12.0 Å². The van der Waals surface area contributed by atoms with Crippen molar-refractivity contribution >= 4 is 17.5 Å². The van der Waals surface area contributed by atoms with Crippen LogP contribution in [0.1, 0.15) is 12.5 Å². The summed E-state index contributed by atoms with van der Waals surface area (Å²) in [5, 5.41) is 12.6. The summed E-state index contributed by atoms with van der Waals surface area (Å²) in [6.07, 6.45) is 2.95. The van der Waals surface area contributed by atoms with E-state index in [9.17, 15) is 9.59 Å². The first-order chi connectivity index (χ1) is 7.10. The number of carboxylic acids is 1. The topological polar surface area (TPSA) is 98.2 Å². The Morgan fingerprint density at radius 2 is 2.47 bits per heavy atom. The number of carboxylic acid groups (broad SMARTS) is 1. The summed E-state index contributed by atoms with van der Waals surface area (Å²) < 4.78 is 1.57. The molecule has 0 aliphatic heterocycles. The molecule has 80 valence electrons. The Balaban J connectivity index is 3.04. The Bertz CT molecular complexity index is 418. The van der Waals surface area contributed by atoms with Gasteiger partial charge in [0, 0.05) is 18.3 Å². The van der Waals surface area contributed by atoms with Gasteiger partial charge in [-0.05, 0) is 6.92 Å². The number of nitrogens with zero attached hydrogens (tertiary/aromatic N) is 2. The molecule has 3 N–H and O–H groups in total. The summed E-state index contributed by atoms with van der Waals surface area (Å²) in [5.41, 5.74) is 5.61. The van der Waals surface area contributed by atoms with Gasteiger partial charge in [-0.25, -0.2) is 4.79 Å². The molecule has 0 radical (unpaired) electrons. The Morgan fingerprint density at radius 3 is 2.87 bits per heavy atom. The molecule has 1 rings (SSSR count). The van der Waals surface area contributed by atoms with E-state index in [2.05, 4.69) is 5.10 Å². The third-order valence-corrected chi connectivity index (χ3v) is 1.96. The zero-order chi connectivity index (χ0) is 11.4. The van der Waals surface area contributed by atoms with Gasteiger partial charge in [-0.1, -0.05) is 0 Å². The van der Waals surface area contributed by atoms with Gasteiger partial charge >= 0.3 is 5.97 Å². The first-order valence-electron chi connectivity index (χ1n) is 4.36. The summed E-state index contributed by atoms with van der Waals surface area (Å²) in [6.45, 7) is 2.51. The maximum Gasteiger partial charge on any atom is 0.325 e. The second-order valence-electron chi connectivity index (χ2n) is 2.92. The van der Waals surface area contributed by atoms with Gasteiger partial charge in [-0.2, -0.15) is 5.10 Å². The highest BCUT2D eigenvalue weighted by atomic mass is 16.4. The van der Waals surface area contributed by atoms with E-state index < -0.39 is 12.0 Å². The summed E-state index contributed by atoms with van der Waals surface area (Å²) in [6, 6.07) is -1.36. The van der Waals surface area contributed by atoms with E-state index in [0.717, 1.165) is 0 Å². The molecule has 1 heterocycles. The van der Waals surface area contributed by atoms with E-state index in [1.807, 2.05) is 6.92 Å². The highest BCUT2D eigenvalue weighted by Crippen LogP contribution is 2.13. The lowest BCUT2D eigenvalue weighted by Gasteiger charge is -2.04. The van der Waals surface area contributed by atoms with Gasteiger partial charge in [0.25, 0.3) is 0 Å². The molecule has 0 fully saturated rings. The number of hydrogen-bond acceptors (Lipinski definition) is 4. The van der Waals surface area contributed by atoms with Gasteiger partial charge in [0.05, 0.1) is 11.8 Å². The van der Waals surface area contributed by atoms with E-state index in [1.165, 1.54) is 6.20 Å². The Hall–Kier alpha value is -1.91. The largest absolute Gasteiger partial charge is 0.480 e. The van der Waals surface area contributed by atoms with Crippen LogP contribution in [-0.2, 0) is 16.1 Å². The lowest BCUT2D eigenvalue weighted by Crippen LogP contribution is -2.31. The number of hydrogen-bond donors (Lipinski definition) is 2. The smallest absolute Gasteiger partial charge is 0.325 e. The van der Waals surface area contributed by atoms with Crippen LogP contribution in [0.25, 0.3) is 5.57 Å². The minimum Gasteiger partial charge on any atom is -0.480 e. The summed E-state index contributed by atoms with van der Waals surface area (Å²) >= 11 is 0. The lowest BCUT2D eigenvalue weighted by molar-refractivity contribution is -0.137. The first-order valence-corrected chi connectivity index (χ1v) is 4.36. The SMILES string of the molecule is CCn1cc(C(=C=O)C(N)C(=O)O)cn1. The minimum atomic E-state index is -1.36. The Labute approximate surface area is 86.0 Å². The van der Waals surface area contributed by atoms with E-state index >= 15 is 0 Å². The van der Waals surface area contributed by atoms with Crippen molar-refractivity contribution in [2.75, 3.05) is 0 Å². The molecular weight excluding hydrogens is 198 g/mol. The summed E-state index contributed by atoms with van der Waals surface area (Å²) in [7, 11) is 0. The molecule has 0 amide bonds. The van der Waals surface area contributed by atoms with Crippen molar-refractivity contribution < 1.29 is 14.7 Å². The highest BCUT2D eigenvalue weighted by Gasteiger charge is 2.21. The van der Waals surface area contributed by atoms with Crippen LogP contribution < -0.4 is 5.73 Å². The van der Waals surface area contributed by atoms with Crippen molar-refractivity contribution in [2.24, 2.45) is 5.73 Å². The number of nitrogens with two attached hydrogens (primary N) is 1. The standard InChI is InChI=1S/C9H11N3O3/c1-2-12-4-6(3-11-12)7(5-13)8(10)9(14)15/h3-4,8H,2,10H2,1H3,(H,14,15). The Kier molecular flexibility index (Phi) is 3.38. The maximum absolute atomic E-state index is 10.6. The fraction of sp³-hybridized carbons (Fsp3) is 0.333.